The van der Waals surface area contributed by atoms with Crippen LogP contribution >= 0.6 is 15.9 Å². The molecule has 23 heavy (non-hydrogen) atoms. The summed E-state index contributed by atoms with van der Waals surface area (Å²) in [5.74, 6) is -0.0274. The second-order valence-electron chi connectivity index (χ2n) is 5.90. The normalized spacial score (nSPS) is 12.4. The summed E-state index contributed by atoms with van der Waals surface area (Å²) >= 11 is 3.52. The smallest absolute Gasteiger partial charge is 0.227 e. The predicted octanol–water partition coefficient (Wildman–Crippen LogP) is 2.77. The first-order valence-electron chi connectivity index (χ1n) is 7.80. The van der Waals surface area contributed by atoms with Gasteiger partial charge in [0.2, 0.25) is 5.91 Å². The molecule has 0 aliphatic carbocycles. The van der Waals surface area contributed by atoms with Gasteiger partial charge in [-0.2, -0.15) is 10.2 Å². The van der Waals surface area contributed by atoms with E-state index < -0.39 is 0 Å². The molecule has 0 aliphatic heterocycles. The Morgan fingerprint density at radius 3 is 2.65 bits per heavy atom. The van der Waals surface area contributed by atoms with Crippen molar-refractivity contribution in [3.8, 4) is 0 Å². The molecule has 7 heteroatoms. The van der Waals surface area contributed by atoms with Crippen LogP contribution < -0.4 is 0 Å². The third kappa shape index (κ3) is 3.83. The summed E-state index contributed by atoms with van der Waals surface area (Å²) in [6.45, 7) is 9.90. The van der Waals surface area contributed by atoms with Crippen molar-refractivity contribution in [3.63, 3.8) is 0 Å². The predicted molar refractivity (Wildman–Crippen MR) is 92.9 cm³/mol. The van der Waals surface area contributed by atoms with Gasteiger partial charge in [0.05, 0.1) is 34.9 Å². The fourth-order valence-corrected chi connectivity index (χ4v) is 2.95. The maximum absolute atomic E-state index is 12.6. The summed E-state index contributed by atoms with van der Waals surface area (Å²) in [4.78, 5) is 14.4. The standard InChI is InChI=1S/C16H24BrN5O/c1-6-21-14(7-8-18-21)10-20(5)16(23)11(2)9-22-13(4)15(17)12(3)19-22/h7-8,11H,6,9-10H2,1-5H3. The zero-order chi connectivity index (χ0) is 17.1. The lowest BCUT2D eigenvalue weighted by atomic mass is 10.1. The van der Waals surface area contributed by atoms with Crippen LogP contribution in [0, 0.1) is 19.8 Å². The lowest BCUT2D eigenvalue weighted by molar-refractivity contribution is -0.134. The van der Waals surface area contributed by atoms with Gasteiger partial charge in [0.1, 0.15) is 0 Å². The second kappa shape index (κ2) is 7.29. The first-order chi connectivity index (χ1) is 10.8. The number of rotatable bonds is 6. The number of aromatic nitrogens is 4. The summed E-state index contributed by atoms with van der Waals surface area (Å²) in [6.07, 6.45) is 1.77. The number of carbonyl (C=O) groups excluding carboxylic acids is 1. The van der Waals surface area contributed by atoms with Crippen molar-refractivity contribution in [2.75, 3.05) is 7.05 Å². The Morgan fingerprint density at radius 2 is 2.09 bits per heavy atom. The summed E-state index contributed by atoms with van der Waals surface area (Å²) in [5.41, 5.74) is 3.04. The van der Waals surface area contributed by atoms with Crippen LogP contribution in [0.2, 0.25) is 0 Å². The van der Waals surface area contributed by atoms with Crippen LogP contribution in [0.3, 0.4) is 0 Å². The van der Waals surface area contributed by atoms with Crippen LogP contribution in [0.5, 0.6) is 0 Å². The van der Waals surface area contributed by atoms with Crippen molar-refractivity contribution in [2.24, 2.45) is 5.92 Å². The molecule has 0 aromatic carbocycles. The zero-order valence-corrected chi connectivity index (χ0v) is 16.0. The molecule has 0 radical (unpaired) electrons. The van der Waals surface area contributed by atoms with E-state index in [9.17, 15) is 4.79 Å². The molecule has 0 N–H and O–H groups in total. The molecule has 2 aromatic rings. The fourth-order valence-electron chi connectivity index (χ4n) is 2.67. The Hall–Kier alpha value is -1.63. The molecule has 2 heterocycles. The van der Waals surface area contributed by atoms with Crippen molar-refractivity contribution in [3.05, 3.63) is 33.8 Å². The minimum Gasteiger partial charge on any atom is -0.340 e. The van der Waals surface area contributed by atoms with Gasteiger partial charge in [0, 0.05) is 25.5 Å². The maximum atomic E-state index is 12.6. The Balaban J connectivity index is 2.02. The molecule has 1 atom stereocenters. The Morgan fingerprint density at radius 1 is 1.39 bits per heavy atom. The molecule has 0 aliphatic rings. The van der Waals surface area contributed by atoms with Gasteiger partial charge in [-0.3, -0.25) is 14.2 Å². The number of carbonyl (C=O) groups is 1. The average Bonchev–Trinajstić information content (AvgIpc) is 3.06. The quantitative estimate of drug-likeness (QED) is 0.772. The van der Waals surface area contributed by atoms with Crippen LogP contribution in [-0.2, 0) is 24.4 Å². The lowest BCUT2D eigenvalue weighted by Gasteiger charge is -2.22. The minimum absolute atomic E-state index is 0.109. The lowest BCUT2D eigenvalue weighted by Crippen LogP contribution is -2.34. The number of aryl methyl sites for hydroxylation is 2. The molecular weight excluding hydrogens is 358 g/mol. The van der Waals surface area contributed by atoms with Crippen molar-refractivity contribution in [1.29, 1.82) is 0 Å². The van der Waals surface area contributed by atoms with E-state index in [0.29, 0.717) is 13.1 Å². The molecule has 0 saturated heterocycles. The summed E-state index contributed by atoms with van der Waals surface area (Å²) < 4.78 is 4.82. The van der Waals surface area contributed by atoms with Gasteiger partial charge < -0.3 is 4.90 Å². The molecule has 1 amide bonds. The highest BCUT2D eigenvalue weighted by Crippen LogP contribution is 2.21. The number of hydrogen-bond acceptors (Lipinski definition) is 3. The fraction of sp³-hybridized carbons (Fsp3) is 0.562. The van der Waals surface area contributed by atoms with E-state index in [1.165, 1.54) is 0 Å². The van der Waals surface area contributed by atoms with E-state index >= 15 is 0 Å². The van der Waals surface area contributed by atoms with Gasteiger partial charge in [0.25, 0.3) is 0 Å². The third-order valence-corrected chi connectivity index (χ3v) is 5.19. The molecule has 0 saturated carbocycles. The molecule has 1 unspecified atom stereocenters. The summed E-state index contributed by atoms with van der Waals surface area (Å²) in [7, 11) is 1.84. The largest absolute Gasteiger partial charge is 0.340 e. The maximum Gasteiger partial charge on any atom is 0.227 e. The molecule has 2 aromatic heterocycles. The SMILES string of the molecule is CCn1nccc1CN(C)C(=O)C(C)Cn1nc(C)c(Br)c1C. The second-order valence-corrected chi connectivity index (χ2v) is 6.69. The van der Waals surface area contributed by atoms with Crippen LogP contribution in [-0.4, -0.2) is 37.4 Å². The van der Waals surface area contributed by atoms with Gasteiger partial charge in [-0.25, -0.2) is 0 Å². The minimum atomic E-state index is -0.136. The van der Waals surface area contributed by atoms with E-state index in [0.717, 1.165) is 28.1 Å². The highest BCUT2D eigenvalue weighted by molar-refractivity contribution is 9.10. The van der Waals surface area contributed by atoms with Gasteiger partial charge in [-0.15, -0.1) is 0 Å². The molecule has 126 valence electrons. The van der Waals surface area contributed by atoms with Gasteiger partial charge in [0.15, 0.2) is 0 Å². The Kier molecular flexibility index (Phi) is 5.62. The topological polar surface area (TPSA) is 56.0 Å². The van der Waals surface area contributed by atoms with Gasteiger partial charge >= 0.3 is 0 Å². The molecule has 0 spiro atoms. The van der Waals surface area contributed by atoms with Crippen molar-refractivity contribution in [2.45, 2.75) is 47.3 Å². The third-order valence-electron chi connectivity index (χ3n) is 4.04. The molecular formula is C16H24BrN5O. The number of amides is 1. The van der Waals surface area contributed by atoms with E-state index in [1.54, 1.807) is 11.1 Å². The number of halogens is 1. The first kappa shape index (κ1) is 17.7. The first-order valence-corrected chi connectivity index (χ1v) is 8.59. The van der Waals surface area contributed by atoms with E-state index in [4.69, 9.17) is 0 Å². The molecule has 0 bridgehead atoms. The van der Waals surface area contributed by atoms with Crippen LogP contribution in [0.4, 0.5) is 0 Å². The van der Waals surface area contributed by atoms with E-state index in [1.807, 2.05) is 50.2 Å². The van der Waals surface area contributed by atoms with Gasteiger partial charge in [-0.1, -0.05) is 6.92 Å². The number of nitrogens with zero attached hydrogens (tertiary/aromatic N) is 5. The molecule has 6 nitrogen and oxygen atoms in total. The van der Waals surface area contributed by atoms with Crippen molar-refractivity contribution >= 4 is 21.8 Å². The monoisotopic (exact) mass is 381 g/mol. The zero-order valence-electron chi connectivity index (χ0n) is 14.4. The van der Waals surface area contributed by atoms with E-state index in [-0.39, 0.29) is 11.8 Å². The van der Waals surface area contributed by atoms with Crippen LogP contribution in [0.25, 0.3) is 0 Å². The van der Waals surface area contributed by atoms with Crippen molar-refractivity contribution in [1.82, 2.24) is 24.5 Å². The molecule has 2 rings (SSSR count). The number of hydrogen-bond donors (Lipinski definition) is 0. The highest BCUT2D eigenvalue weighted by atomic mass is 79.9. The highest BCUT2D eigenvalue weighted by Gasteiger charge is 2.21. The van der Waals surface area contributed by atoms with Crippen LogP contribution in [0.15, 0.2) is 16.7 Å². The van der Waals surface area contributed by atoms with Crippen LogP contribution in [0.1, 0.15) is 30.9 Å². The average molecular weight is 382 g/mol. The Labute approximate surface area is 145 Å². The van der Waals surface area contributed by atoms with Gasteiger partial charge in [-0.05, 0) is 42.8 Å². The molecule has 0 fully saturated rings. The summed E-state index contributed by atoms with van der Waals surface area (Å²) in [5, 5.41) is 8.72. The van der Waals surface area contributed by atoms with Crippen molar-refractivity contribution < 1.29 is 4.79 Å². The summed E-state index contributed by atoms with van der Waals surface area (Å²) in [6, 6.07) is 1.95. The Bertz CT molecular complexity index is 691. The van der Waals surface area contributed by atoms with E-state index in [2.05, 4.69) is 26.1 Å².